The van der Waals surface area contributed by atoms with E-state index in [1.807, 2.05) is 24.3 Å². The van der Waals surface area contributed by atoms with Gasteiger partial charge in [0.1, 0.15) is 5.01 Å². The highest BCUT2D eigenvalue weighted by Gasteiger charge is 2.29. The molecule has 0 aliphatic heterocycles. The van der Waals surface area contributed by atoms with E-state index >= 15 is 0 Å². The number of aryl methyl sites for hydroxylation is 1. The molecule has 1 aromatic heterocycles. The van der Waals surface area contributed by atoms with Gasteiger partial charge in [0.2, 0.25) is 0 Å². The zero-order valence-corrected chi connectivity index (χ0v) is 18.3. The van der Waals surface area contributed by atoms with Crippen molar-refractivity contribution in [2.45, 2.75) is 46.1 Å². The van der Waals surface area contributed by atoms with Gasteiger partial charge >= 0.3 is 0 Å². The van der Waals surface area contributed by atoms with Crippen LogP contribution in [0.4, 0.5) is 5.69 Å². The van der Waals surface area contributed by atoms with Crippen LogP contribution < -0.4 is 10.6 Å². The second-order valence-corrected chi connectivity index (χ2v) is 9.52. The van der Waals surface area contributed by atoms with Crippen LogP contribution in [0.5, 0.6) is 0 Å². The van der Waals surface area contributed by atoms with Gasteiger partial charge < -0.3 is 10.6 Å². The second-order valence-electron chi connectivity index (χ2n) is 8.49. The molecule has 1 amide bonds. The first-order valence-corrected chi connectivity index (χ1v) is 11.4. The van der Waals surface area contributed by atoms with E-state index < -0.39 is 0 Å². The molecular formula is C24H30N3OS+. The number of carbonyl (C=O) groups excluding carboxylic acids is 1. The van der Waals surface area contributed by atoms with Crippen molar-refractivity contribution < 1.29 is 10.1 Å². The van der Waals surface area contributed by atoms with Crippen LogP contribution in [0.2, 0.25) is 0 Å². The molecular weight excluding hydrogens is 378 g/mol. The molecule has 5 heteroatoms. The number of amides is 1. The van der Waals surface area contributed by atoms with Gasteiger partial charge in [-0.1, -0.05) is 19.9 Å². The van der Waals surface area contributed by atoms with E-state index in [-0.39, 0.29) is 5.91 Å². The highest BCUT2D eigenvalue weighted by Crippen LogP contribution is 2.31. The van der Waals surface area contributed by atoms with E-state index in [1.165, 1.54) is 29.5 Å². The fourth-order valence-electron chi connectivity index (χ4n) is 4.28. The summed E-state index contributed by atoms with van der Waals surface area (Å²) in [7, 11) is 0. The number of hydrogen-bond acceptors (Lipinski definition) is 3. The molecule has 3 N–H and O–H groups in total. The van der Waals surface area contributed by atoms with Crippen molar-refractivity contribution >= 4 is 33.1 Å². The monoisotopic (exact) mass is 408 g/mol. The average Bonchev–Trinajstić information content (AvgIpc) is 3.13. The topological polar surface area (TPSA) is 58.6 Å². The fraction of sp³-hybridized carbons (Fsp3) is 0.417. The minimum atomic E-state index is 0.0682. The number of aromatic nitrogens is 1. The first-order valence-electron chi connectivity index (χ1n) is 10.6. The normalized spacial score (nSPS) is 22.0. The molecule has 0 unspecified atom stereocenters. The average molecular weight is 409 g/mol. The summed E-state index contributed by atoms with van der Waals surface area (Å²) in [5.41, 5.74) is 4.21. The largest absolute Gasteiger partial charge is 0.336 e. The maximum Gasteiger partial charge on any atom is 0.279 e. The third-order valence-corrected chi connectivity index (χ3v) is 7.40. The number of thiazole rings is 1. The van der Waals surface area contributed by atoms with Crippen LogP contribution in [0.15, 0.2) is 42.5 Å². The molecule has 0 bridgehead atoms. The summed E-state index contributed by atoms with van der Waals surface area (Å²) in [5.74, 6) is 1.50. The SMILES string of the molecule is Cc1ccc2nc(-c3ccc(NC(=O)C[NH2+][C@H]4CCC[C@H](C)[C@@H]4C)cc3)sc2c1. The number of anilines is 1. The van der Waals surface area contributed by atoms with Gasteiger partial charge in [-0.25, -0.2) is 4.98 Å². The molecule has 1 fully saturated rings. The zero-order chi connectivity index (χ0) is 20.4. The van der Waals surface area contributed by atoms with Crippen molar-refractivity contribution in [3.05, 3.63) is 48.0 Å². The van der Waals surface area contributed by atoms with Crippen molar-refractivity contribution in [3.8, 4) is 10.6 Å². The Labute approximate surface area is 176 Å². The Balaban J connectivity index is 1.35. The van der Waals surface area contributed by atoms with Gasteiger partial charge in [0.05, 0.1) is 16.3 Å². The van der Waals surface area contributed by atoms with Gasteiger partial charge in [0.15, 0.2) is 6.54 Å². The van der Waals surface area contributed by atoms with Gasteiger partial charge in [-0.3, -0.25) is 4.79 Å². The molecule has 0 saturated heterocycles. The van der Waals surface area contributed by atoms with Crippen LogP contribution in [-0.2, 0) is 4.79 Å². The zero-order valence-electron chi connectivity index (χ0n) is 17.4. The number of nitrogens with two attached hydrogens (primary N) is 1. The van der Waals surface area contributed by atoms with Crippen LogP contribution in [0, 0.1) is 18.8 Å². The first-order chi connectivity index (χ1) is 14.0. The van der Waals surface area contributed by atoms with E-state index in [9.17, 15) is 4.79 Å². The summed E-state index contributed by atoms with van der Waals surface area (Å²) >= 11 is 1.71. The van der Waals surface area contributed by atoms with Crippen LogP contribution >= 0.6 is 11.3 Å². The van der Waals surface area contributed by atoms with Gasteiger partial charge in [0, 0.05) is 17.2 Å². The molecule has 2 aromatic carbocycles. The Bertz CT molecular complexity index is 995. The summed E-state index contributed by atoms with van der Waals surface area (Å²) < 4.78 is 1.21. The predicted molar refractivity (Wildman–Crippen MR) is 121 cm³/mol. The van der Waals surface area contributed by atoms with Gasteiger partial charge in [-0.05, 0) is 74.1 Å². The maximum absolute atomic E-state index is 12.4. The molecule has 4 nitrogen and oxygen atoms in total. The van der Waals surface area contributed by atoms with Crippen LogP contribution in [0.25, 0.3) is 20.8 Å². The lowest BCUT2D eigenvalue weighted by molar-refractivity contribution is -0.688. The van der Waals surface area contributed by atoms with Crippen molar-refractivity contribution in [3.63, 3.8) is 0 Å². The standard InChI is InChI=1S/C24H29N3OS/c1-15-7-12-21-22(13-15)29-24(27-21)18-8-10-19(11-9-18)26-23(28)14-25-20-6-4-5-16(2)17(20)3/h7-13,16-17,20,25H,4-6,14H2,1-3H3,(H,26,28)/p+1/t16-,17-,20-/m0/s1. The molecule has 0 radical (unpaired) electrons. The summed E-state index contributed by atoms with van der Waals surface area (Å²) in [5, 5.41) is 6.27. The Hall–Kier alpha value is -2.24. The van der Waals surface area contributed by atoms with E-state index in [1.54, 1.807) is 11.3 Å². The Morgan fingerprint density at radius 2 is 1.97 bits per heavy atom. The number of quaternary nitrogens is 1. The van der Waals surface area contributed by atoms with Crippen molar-refractivity contribution in [1.29, 1.82) is 0 Å². The summed E-state index contributed by atoms with van der Waals surface area (Å²) in [6.07, 6.45) is 3.81. The van der Waals surface area contributed by atoms with Gasteiger partial charge in [-0.2, -0.15) is 0 Å². The molecule has 3 atom stereocenters. The molecule has 4 rings (SSSR count). The van der Waals surface area contributed by atoms with E-state index in [0.29, 0.717) is 18.5 Å². The quantitative estimate of drug-likeness (QED) is 0.648. The molecule has 1 saturated carbocycles. The van der Waals surface area contributed by atoms with Crippen LogP contribution in [-0.4, -0.2) is 23.5 Å². The molecule has 1 heterocycles. The van der Waals surface area contributed by atoms with Gasteiger partial charge in [-0.15, -0.1) is 11.3 Å². The third-order valence-electron chi connectivity index (χ3n) is 6.34. The molecule has 29 heavy (non-hydrogen) atoms. The number of fused-ring (bicyclic) bond motifs is 1. The van der Waals surface area contributed by atoms with E-state index in [4.69, 9.17) is 4.98 Å². The summed E-state index contributed by atoms with van der Waals surface area (Å²) in [6, 6.07) is 14.9. The number of nitrogens with zero attached hydrogens (tertiary/aromatic N) is 1. The van der Waals surface area contributed by atoms with Gasteiger partial charge in [0.25, 0.3) is 5.91 Å². The minimum Gasteiger partial charge on any atom is -0.336 e. The number of hydrogen-bond donors (Lipinski definition) is 2. The van der Waals surface area contributed by atoms with Crippen molar-refractivity contribution in [2.24, 2.45) is 11.8 Å². The lowest BCUT2D eigenvalue weighted by atomic mass is 9.78. The molecule has 0 spiro atoms. The van der Waals surface area contributed by atoms with Crippen LogP contribution in [0.3, 0.4) is 0 Å². The summed E-state index contributed by atoms with van der Waals surface area (Å²) in [6.45, 7) is 7.24. The third kappa shape index (κ3) is 4.68. The molecule has 152 valence electrons. The molecule has 3 aromatic rings. The fourth-order valence-corrected chi connectivity index (χ4v) is 5.35. The maximum atomic E-state index is 12.4. The smallest absolute Gasteiger partial charge is 0.279 e. The number of rotatable bonds is 5. The first kappa shape index (κ1) is 20.0. The van der Waals surface area contributed by atoms with E-state index in [0.717, 1.165) is 27.7 Å². The lowest BCUT2D eigenvalue weighted by Crippen LogP contribution is -2.93. The Morgan fingerprint density at radius 3 is 2.76 bits per heavy atom. The highest BCUT2D eigenvalue weighted by atomic mass is 32.1. The van der Waals surface area contributed by atoms with Crippen molar-refractivity contribution in [1.82, 2.24) is 4.98 Å². The van der Waals surface area contributed by atoms with Crippen LogP contribution in [0.1, 0.15) is 38.7 Å². The number of nitrogens with one attached hydrogen (secondary N) is 1. The Kier molecular flexibility index (Phi) is 5.97. The van der Waals surface area contributed by atoms with E-state index in [2.05, 4.69) is 49.6 Å². The van der Waals surface area contributed by atoms with Crippen molar-refractivity contribution in [2.75, 3.05) is 11.9 Å². The summed E-state index contributed by atoms with van der Waals surface area (Å²) in [4.78, 5) is 17.1. The lowest BCUT2D eigenvalue weighted by Gasteiger charge is -2.31. The molecule has 1 aliphatic rings. The molecule has 1 aliphatic carbocycles. The Morgan fingerprint density at radius 1 is 1.17 bits per heavy atom. The number of benzene rings is 2. The second kappa shape index (κ2) is 8.64. The minimum absolute atomic E-state index is 0.0682. The number of carbonyl (C=O) groups is 1. The predicted octanol–water partition coefficient (Wildman–Crippen LogP) is 4.60. The highest BCUT2D eigenvalue weighted by molar-refractivity contribution is 7.21.